The quantitative estimate of drug-likeness (QED) is 0.495. The van der Waals surface area contributed by atoms with E-state index in [1.54, 1.807) is 0 Å². The summed E-state index contributed by atoms with van der Waals surface area (Å²) in [6.45, 7) is 0.983. The molecule has 1 heterocycles. The van der Waals surface area contributed by atoms with E-state index < -0.39 is 54.1 Å². The number of ether oxygens (including phenoxy) is 1. The zero-order valence-electron chi connectivity index (χ0n) is 16.7. The van der Waals surface area contributed by atoms with E-state index in [1.807, 2.05) is 11.4 Å². The zero-order valence-corrected chi connectivity index (χ0v) is 17.5. The molecule has 1 aliphatic rings. The SMILES string of the molecule is CCC1CCc2sc(C(=O)OCC(=O)NCC(=O)Nc3ccc(F)c(F)c3F)cc2C1. The summed E-state index contributed by atoms with van der Waals surface area (Å²) in [5.74, 6) is -6.24. The molecule has 166 valence electrons. The summed E-state index contributed by atoms with van der Waals surface area (Å²) in [7, 11) is 0. The fourth-order valence-corrected chi connectivity index (χ4v) is 4.40. The second-order valence-electron chi connectivity index (χ2n) is 7.20. The number of esters is 1. The molecule has 0 saturated heterocycles. The first-order valence-corrected chi connectivity index (χ1v) is 10.6. The smallest absolute Gasteiger partial charge is 0.348 e. The van der Waals surface area contributed by atoms with Gasteiger partial charge in [-0.1, -0.05) is 13.3 Å². The number of rotatable bonds is 7. The Kier molecular flexibility index (Phi) is 7.32. The third kappa shape index (κ3) is 5.63. The molecule has 0 saturated carbocycles. The number of nitrogens with one attached hydrogen (secondary N) is 2. The minimum atomic E-state index is -1.71. The fraction of sp³-hybridized carbons (Fsp3) is 0.381. The molecule has 2 N–H and O–H groups in total. The number of amides is 2. The van der Waals surface area contributed by atoms with Crippen LogP contribution in [0.1, 0.15) is 39.9 Å². The second-order valence-corrected chi connectivity index (χ2v) is 8.34. The van der Waals surface area contributed by atoms with Gasteiger partial charge in [-0.2, -0.15) is 0 Å². The normalized spacial score (nSPS) is 15.2. The van der Waals surface area contributed by atoms with E-state index in [-0.39, 0.29) is 0 Å². The van der Waals surface area contributed by atoms with Crippen LogP contribution >= 0.6 is 11.3 Å². The molecule has 1 aromatic carbocycles. The molecule has 1 aromatic heterocycles. The van der Waals surface area contributed by atoms with Crippen molar-refractivity contribution in [2.75, 3.05) is 18.5 Å². The number of thiophene rings is 1. The highest BCUT2D eigenvalue weighted by molar-refractivity contribution is 7.14. The summed E-state index contributed by atoms with van der Waals surface area (Å²) in [6, 6.07) is 3.33. The molecule has 0 fully saturated rings. The predicted octanol–water partition coefficient (Wildman–Crippen LogP) is 3.59. The zero-order chi connectivity index (χ0) is 22.5. The Morgan fingerprint density at radius 3 is 2.68 bits per heavy atom. The van der Waals surface area contributed by atoms with Gasteiger partial charge in [0.15, 0.2) is 24.1 Å². The number of hydrogen-bond acceptors (Lipinski definition) is 5. The van der Waals surface area contributed by atoms with E-state index in [9.17, 15) is 27.6 Å². The second kappa shape index (κ2) is 9.95. The van der Waals surface area contributed by atoms with Gasteiger partial charge >= 0.3 is 5.97 Å². The molecule has 2 aromatic rings. The van der Waals surface area contributed by atoms with Crippen molar-refractivity contribution >= 4 is 34.8 Å². The fourth-order valence-electron chi connectivity index (χ4n) is 3.30. The predicted molar refractivity (Wildman–Crippen MR) is 108 cm³/mol. The van der Waals surface area contributed by atoms with Crippen LogP contribution in [-0.4, -0.2) is 30.9 Å². The van der Waals surface area contributed by atoms with E-state index in [4.69, 9.17) is 4.74 Å². The van der Waals surface area contributed by atoms with Crippen LogP contribution in [0.5, 0.6) is 0 Å². The van der Waals surface area contributed by atoms with Crippen LogP contribution in [0, 0.1) is 23.4 Å². The van der Waals surface area contributed by atoms with Crippen molar-refractivity contribution in [1.29, 1.82) is 0 Å². The van der Waals surface area contributed by atoms with E-state index in [0.717, 1.165) is 37.3 Å². The third-order valence-corrected chi connectivity index (χ3v) is 6.27. The Bertz CT molecular complexity index is 1010. The van der Waals surface area contributed by atoms with E-state index in [2.05, 4.69) is 12.2 Å². The first kappa shape index (κ1) is 22.8. The van der Waals surface area contributed by atoms with Crippen molar-refractivity contribution < 1.29 is 32.3 Å². The summed E-state index contributed by atoms with van der Waals surface area (Å²) in [5, 5.41) is 4.22. The highest BCUT2D eigenvalue weighted by Crippen LogP contribution is 2.33. The van der Waals surface area contributed by atoms with E-state index in [1.165, 1.54) is 16.2 Å². The maximum absolute atomic E-state index is 13.5. The Morgan fingerprint density at radius 1 is 1.16 bits per heavy atom. The van der Waals surface area contributed by atoms with Crippen LogP contribution < -0.4 is 10.6 Å². The van der Waals surface area contributed by atoms with Gasteiger partial charge in [0, 0.05) is 4.88 Å². The van der Waals surface area contributed by atoms with Crippen molar-refractivity contribution in [3.63, 3.8) is 0 Å². The molecule has 3 rings (SSSR count). The molecule has 31 heavy (non-hydrogen) atoms. The lowest BCUT2D eigenvalue weighted by atomic mass is 9.87. The minimum absolute atomic E-state index is 0.432. The molecule has 0 radical (unpaired) electrons. The molecule has 1 atom stereocenters. The molecule has 0 spiro atoms. The monoisotopic (exact) mass is 454 g/mol. The third-order valence-electron chi connectivity index (χ3n) is 5.05. The van der Waals surface area contributed by atoms with Gasteiger partial charge in [-0.25, -0.2) is 18.0 Å². The van der Waals surface area contributed by atoms with Gasteiger partial charge < -0.3 is 15.4 Å². The van der Waals surface area contributed by atoms with Crippen molar-refractivity contribution in [1.82, 2.24) is 5.32 Å². The molecule has 1 unspecified atom stereocenters. The van der Waals surface area contributed by atoms with Gasteiger partial charge in [0.2, 0.25) is 5.91 Å². The number of halogens is 3. The van der Waals surface area contributed by atoms with Gasteiger partial charge in [0.05, 0.1) is 12.2 Å². The Hall–Kier alpha value is -2.88. The maximum atomic E-state index is 13.5. The summed E-state index contributed by atoms with van der Waals surface area (Å²) in [4.78, 5) is 37.4. The van der Waals surface area contributed by atoms with Gasteiger partial charge in [0.25, 0.3) is 5.91 Å². The number of benzene rings is 1. The Balaban J connectivity index is 1.44. The first-order valence-electron chi connectivity index (χ1n) is 9.77. The first-order chi connectivity index (χ1) is 14.8. The minimum Gasteiger partial charge on any atom is -0.451 e. The molecular weight excluding hydrogens is 433 g/mol. The number of hydrogen-bond donors (Lipinski definition) is 2. The lowest BCUT2D eigenvalue weighted by Gasteiger charge is -2.19. The van der Waals surface area contributed by atoms with Crippen molar-refractivity contribution in [3.8, 4) is 0 Å². The van der Waals surface area contributed by atoms with Crippen LogP contribution in [0.4, 0.5) is 18.9 Å². The van der Waals surface area contributed by atoms with Crippen molar-refractivity contribution in [2.45, 2.75) is 32.6 Å². The summed E-state index contributed by atoms with van der Waals surface area (Å²) in [6.07, 6.45) is 4.05. The van der Waals surface area contributed by atoms with Gasteiger partial charge in [0.1, 0.15) is 4.88 Å². The number of fused-ring (bicyclic) bond motifs is 1. The number of anilines is 1. The van der Waals surface area contributed by atoms with Crippen molar-refractivity contribution in [3.05, 3.63) is 51.0 Å². The van der Waals surface area contributed by atoms with Gasteiger partial charge in [-0.3, -0.25) is 9.59 Å². The molecule has 2 amide bonds. The summed E-state index contributed by atoms with van der Waals surface area (Å²) in [5.41, 5.74) is 0.595. The van der Waals surface area contributed by atoms with E-state index >= 15 is 0 Å². The van der Waals surface area contributed by atoms with Crippen LogP contribution in [0.25, 0.3) is 0 Å². The lowest BCUT2D eigenvalue weighted by molar-refractivity contribution is -0.126. The van der Waals surface area contributed by atoms with E-state index in [0.29, 0.717) is 16.9 Å². The number of carbonyl (C=O) groups excluding carboxylic acids is 3. The van der Waals surface area contributed by atoms with Crippen molar-refractivity contribution in [2.24, 2.45) is 5.92 Å². The topological polar surface area (TPSA) is 84.5 Å². The van der Waals surface area contributed by atoms with Crippen LogP contribution in [0.2, 0.25) is 0 Å². The number of aryl methyl sites for hydroxylation is 1. The Morgan fingerprint density at radius 2 is 1.94 bits per heavy atom. The Labute approximate surface area is 180 Å². The maximum Gasteiger partial charge on any atom is 0.348 e. The lowest BCUT2D eigenvalue weighted by Crippen LogP contribution is -2.35. The summed E-state index contributed by atoms with van der Waals surface area (Å²) < 4.78 is 44.6. The molecule has 0 bridgehead atoms. The average Bonchev–Trinajstić information content (AvgIpc) is 3.19. The molecule has 6 nitrogen and oxygen atoms in total. The molecule has 1 aliphatic carbocycles. The standard InChI is InChI=1S/C21H21F3N2O4S/c1-2-11-3-6-15-12(7-11)8-16(31-15)21(29)30-10-18(28)25-9-17(27)26-14-5-4-13(22)19(23)20(14)24/h4-5,8,11H,2-3,6-7,9-10H2,1H3,(H,25,28)(H,26,27). The highest BCUT2D eigenvalue weighted by atomic mass is 32.1. The van der Waals surface area contributed by atoms with Crippen LogP contribution in [0.15, 0.2) is 18.2 Å². The van der Waals surface area contributed by atoms with Crippen LogP contribution in [-0.2, 0) is 27.2 Å². The summed E-state index contributed by atoms with van der Waals surface area (Å²) >= 11 is 1.37. The largest absolute Gasteiger partial charge is 0.451 e. The van der Waals surface area contributed by atoms with Gasteiger partial charge in [-0.05, 0) is 48.9 Å². The highest BCUT2D eigenvalue weighted by Gasteiger charge is 2.23. The molecule has 10 heteroatoms. The molecular formula is C21H21F3N2O4S. The average molecular weight is 454 g/mol. The van der Waals surface area contributed by atoms with Gasteiger partial charge in [-0.15, -0.1) is 11.3 Å². The van der Waals surface area contributed by atoms with Crippen LogP contribution in [0.3, 0.4) is 0 Å². The molecule has 0 aliphatic heterocycles. The number of carbonyl (C=O) groups is 3.